The number of urea groups is 1. The second kappa shape index (κ2) is 6.39. The van der Waals surface area contributed by atoms with Crippen molar-refractivity contribution in [3.8, 4) is 0 Å². The summed E-state index contributed by atoms with van der Waals surface area (Å²) in [6.07, 6.45) is 0. The molecule has 0 aliphatic rings. The topological polar surface area (TPSA) is 89.8 Å². The van der Waals surface area contributed by atoms with Crippen molar-refractivity contribution in [1.29, 1.82) is 0 Å². The third kappa shape index (κ3) is 3.60. The summed E-state index contributed by atoms with van der Waals surface area (Å²) in [5.41, 5.74) is 3.20. The molecule has 4 N–H and O–H groups in total. The number of benzene rings is 2. The summed E-state index contributed by atoms with van der Waals surface area (Å²) in [6.45, 7) is 2.37. The first-order valence-corrected chi connectivity index (χ1v) is 7.42. The van der Waals surface area contributed by atoms with Crippen molar-refractivity contribution in [2.24, 2.45) is 0 Å². The summed E-state index contributed by atoms with van der Waals surface area (Å²) in [6, 6.07) is 14.9. The molecule has 1 atom stereocenters. The van der Waals surface area contributed by atoms with Crippen LogP contribution in [0.15, 0.2) is 53.3 Å². The van der Waals surface area contributed by atoms with Crippen LogP contribution in [0.4, 0.5) is 4.79 Å². The van der Waals surface area contributed by atoms with Gasteiger partial charge in [-0.1, -0.05) is 36.4 Å². The van der Waals surface area contributed by atoms with Gasteiger partial charge >= 0.3 is 11.7 Å². The highest BCUT2D eigenvalue weighted by atomic mass is 16.2. The lowest BCUT2D eigenvalue weighted by Gasteiger charge is -2.15. The molecule has 1 aromatic heterocycles. The molecule has 0 bridgehead atoms. The van der Waals surface area contributed by atoms with E-state index in [4.69, 9.17) is 0 Å². The van der Waals surface area contributed by atoms with E-state index in [9.17, 15) is 9.59 Å². The number of rotatable bonds is 4. The molecule has 0 saturated carbocycles. The van der Waals surface area contributed by atoms with Crippen molar-refractivity contribution in [2.75, 3.05) is 0 Å². The lowest BCUT2D eigenvalue weighted by atomic mass is 10.1. The van der Waals surface area contributed by atoms with Crippen LogP contribution in [0.25, 0.3) is 11.0 Å². The number of hydrogen-bond donors (Lipinski definition) is 4. The van der Waals surface area contributed by atoms with Crippen LogP contribution in [0.2, 0.25) is 0 Å². The van der Waals surface area contributed by atoms with Gasteiger partial charge in [-0.2, -0.15) is 0 Å². The molecule has 118 valence electrons. The maximum Gasteiger partial charge on any atom is 0.323 e. The fourth-order valence-corrected chi connectivity index (χ4v) is 2.43. The predicted octanol–water partition coefficient (Wildman–Crippen LogP) is 2.42. The molecule has 2 amide bonds. The van der Waals surface area contributed by atoms with Crippen LogP contribution in [0.3, 0.4) is 0 Å². The lowest BCUT2D eigenvalue weighted by Crippen LogP contribution is -2.36. The Balaban J connectivity index is 1.61. The smallest absolute Gasteiger partial charge is 0.323 e. The van der Waals surface area contributed by atoms with Crippen LogP contribution < -0.4 is 16.3 Å². The Kier molecular flexibility index (Phi) is 4.14. The van der Waals surface area contributed by atoms with Crippen molar-refractivity contribution in [3.63, 3.8) is 0 Å². The van der Waals surface area contributed by atoms with Gasteiger partial charge < -0.3 is 20.6 Å². The molecule has 0 unspecified atom stereocenters. The number of H-pyrrole nitrogens is 2. The number of aromatic nitrogens is 2. The average molecular weight is 310 g/mol. The van der Waals surface area contributed by atoms with Gasteiger partial charge in [0.15, 0.2) is 0 Å². The first-order chi connectivity index (χ1) is 11.1. The Morgan fingerprint density at radius 3 is 2.61 bits per heavy atom. The summed E-state index contributed by atoms with van der Waals surface area (Å²) < 4.78 is 0. The highest BCUT2D eigenvalue weighted by molar-refractivity contribution is 5.77. The van der Waals surface area contributed by atoms with Gasteiger partial charge in [-0.3, -0.25) is 0 Å². The first kappa shape index (κ1) is 14.9. The van der Waals surface area contributed by atoms with Crippen LogP contribution in [-0.2, 0) is 6.54 Å². The van der Waals surface area contributed by atoms with Crippen LogP contribution in [0.5, 0.6) is 0 Å². The molecule has 0 fully saturated rings. The largest absolute Gasteiger partial charge is 0.334 e. The summed E-state index contributed by atoms with van der Waals surface area (Å²) in [7, 11) is 0. The summed E-state index contributed by atoms with van der Waals surface area (Å²) in [4.78, 5) is 28.7. The van der Waals surface area contributed by atoms with Crippen molar-refractivity contribution >= 4 is 17.1 Å². The number of hydrogen-bond acceptors (Lipinski definition) is 2. The number of aromatic amines is 2. The number of carbonyl (C=O) groups is 1. The number of fused-ring (bicyclic) bond motifs is 1. The van der Waals surface area contributed by atoms with Gasteiger partial charge in [-0.25, -0.2) is 9.59 Å². The Morgan fingerprint density at radius 1 is 1.09 bits per heavy atom. The van der Waals surface area contributed by atoms with Gasteiger partial charge in [-0.05, 0) is 30.2 Å². The summed E-state index contributed by atoms with van der Waals surface area (Å²) >= 11 is 0. The second-order valence-electron chi connectivity index (χ2n) is 5.42. The number of amides is 2. The molecule has 3 aromatic rings. The van der Waals surface area contributed by atoms with E-state index >= 15 is 0 Å². The number of carbonyl (C=O) groups excluding carboxylic acids is 1. The highest BCUT2D eigenvalue weighted by Crippen LogP contribution is 2.16. The molecular weight excluding hydrogens is 292 g/mol. The zero-order chi connectivity index (χ0) is 16.2. The monoisotopic (exact) mass is 310 g/mol. The van der Waals surface area contributed by atoms with E-state index in [1.54, 1.807) is 0 Å². The van der Waals surface area contributed by atoms with Crippen LogP contribution in [-0.4, -0.2) is 16.0 Å². The van der Waals surface area contributed by atoms with E-state index in [0.29, 0.717) is 6.54 Å². The molecular formula is C17H18N4O2. The van der Waals surface area contributed by atoms with Crippen LogP contribution in [0.1, 0.15) is 24.1 Å². The molecule has 0 spiro atoms. The van der Waals surface area contributed by atoms with E-state index in [1.807, 2.05) is 55.5 Å². The Morgan fingerprint density at radius 2 is 1.83 bits per heavy atom. The van der Waals surface area contributed by atoms with Crippen LogP contribution >= 0.6 is 0 Å². The van der Waals surface area contributed by atoms with E-state index in [0.717, 1.165) is 22.2 Å². The molecule has 6 heteroatoms. The maximum atomic E-state index is 12.0. The van der Waals surface area contributed by atoms with Crippen LogP contribution in [0, 0.1) is 0 Å². The van der Waals surface area contributed by atoms with Crippen molar-refractivity contribution in [1.82, 2.24) is 20.6 Å². The summed E-state index contributed by atoms with van der Waals surface area (Å²) in [5.74, 6) is 0. The van der Waals surface area contributed by atoms with Gasteiger partial charge in [0.05, 0.1) is 17.1 Å². The predicted molar refractivity (Wildman–Crippen MR) is 89.1 cm³/mol. The maximum absolute atomic E-state index is 12.0. The first-order valence-electron chi connectivity index (χ1n) is 7.42. The molecule has 3 rings (SSSR count). The van der Waals surface area contributed by atoms with Crippen molar-refractivity contribution in [3.05, 3.63) is 70.1 Å². The minimum absolute atomic E-state index is 0.173. The molecule has 0 aliphatic heterocycles. The molecule has 0 radical (unpaired) electrons. The fraction of sp³-hybridized carbons (Fsp3) is 0.176. The third-order valence-electron chi connectivity index (χ3n) is 3.68. The lowest BCUT2D eigenvalue weighted by molar-refractivity contribution is 0.237. The number of imidazole rings is 1. The fourth-order valence-electron chi connectivity index (χ4n) is 2.43. The second-order valence-corrected chi connectivity index (χ2v) is 5.42. The number of nitrogens with one attached hydrogen (secondary N) is 4. The Hall–Kier alpha value is -3.02. The van der Waals surface area contributed by atoms with Gasteiger partial charge in [0.2, 0.25) is 0 Å². The molecule has 0 aliphatic carbocycles. The van der Waals surface area contributed by atoms with Crippen molar-refractivity contribution < 1.29 is 4.79 Å². The standard InChI is InChI=1S/C17H18N4O2/c1-11(13-7-8-14-15(9-13)21-17(23)20-14)19-16(22)18-10-12-5-3-2-4-6-12/h2-9,11H,10H2,1H3,(H2,18,19,22)(H2,20,21,23)/t11-/m0/s1. The normalized spacial score (nSPS) is 12.0. The zero-order valence-electron chi connectivity index (χ0n) is 12.7. The van der Waals surface area contributed by atoms with Gasteiger partial charge in [0, 0.05) is 6.54 Å². The van der Waals surface area contributed by atoms with Gasteiger partial charge in [-0.15, -0.1) is 0 Å². The highest BCUT2D eigenvalue weighted by Gasteiger charge is 2.10. The zero-order valence-corrected chi connectivity index (χ0v) is 12.7. The van der Waals surface area contributed by atoms with Crippen molar-refractivity contribution in [2.45, 2.75) is 19.5 Å². The van der Waals surface area contributed by atoms with E-state index < -0.39 is 0 Å². The molecule has 2 aromatic carbocycles. The van der Waals surface area contributed by atoms with E-state index in [-0.39, 0.29) is 17.8 Å². The molecule has 1 heterocycles. The van der Waals surface area contributed by atoms with E-state index in [1.165, 1.54) is 0 Å². The minimum Gasteiger partial charge on any atom is -0.334 e. The SMILES string of the molecule is C[C@H](NC(=O)NCc1ccccc1)c1ccc2[nH]c(=O)[nH]c2c1. The third-order valence-corrected chi connectivity index (χ3v) is 3.68. The van der Waals surface area contributed by atoms with E-state index in [2.05, 4.69) is 20.6 Å². The molecule has 23 heavy (non-hydrogen) atoms. The van der Waals surface area contributed by atoms with Gasteiger partial charge in [0.25, 0.3) is 0 Å². The molecule has 6 nitrogen and oxygen atoms in total. The average Bonchev–Trinajstić information content (AvgIpc) is 2.93. The minimum atomic E-state index is -0.238. The Labute approximate surface area is 132 Å². The quantitative estimate of drug-likeness (QED) is 0.596. The van der Waals surface area contributed by atoms with Gasteiger partial charge in [0.1, 0.15) is 0 Å². The summed E-state index contributed by atoms with van der Waals surface area (Å²) in [5, 5.41) is 5.71. The molecule has 0 saturated heterocycles. The Bertz CT molecular complexity index is 867.